The molecule has 0 saturated heterocycles. The number of nitrogens with zero attached hydrogens (tertiary/aromatic N) is 1. The molecule has 0 aliphatic heterocycles. The Bertz CT molecular complexity index is 1110. The van der Waals surface area contributed by atoms with Gasteiger partial charge in [0, 0.05) is 16.6 Å². The Kier molecular flexibility index (Phi) is 6.12. The van der Waals surface area contributed by atoms with Gasteiger partial charge in [0.25, 0.3) is 5.91 Å². The molecule has 2 aromatic carbocycles. The highest BCUT2D eigenvalue weighted by Gasteiger charge is 2.33. The number of aryl methyl sites for hydroxylation is 1. The van der Waals surface area contributed by atoms with Crippen LogP contribution in [0.4, 0.5) is 23.2 Å². The van der Waals surface area contributed by atoms with Gasteiger partial charge in [-0.2, -0.15) is 13.2 Å². The predicted octanol–water partition coefficient (Wildman–Crippen LogP) is 5.47. The topological polar surface area (TPSA) is 49.4 Å². The number of para-hydroxylation sites is 1. The average Bonchev–Trinajstić information content (AvgIpc) is 3.03. The number of alkyl halides is 3. The fourth-order valence-corrected chi connectivity index (χ4v) is 4.32. The molecule has 0 aliphatic rings. The third kappa shape index (κ3) is 4.30. The first-order valence-corrected chi connectivity index (χ1v) is 9.88. The Balaban J connectivity index is 1.81. The van der Waals surface area contributed by atoms with Crippen LogP contribution in [0, 0.1) is 12.7 Å². The molecule has 3 rings (SSSR count). The Morgan fingerprint density at radius 2 is 1.80 bits per heavy atom. The van der Waals surface area contributed by atoms with E-state index in [0.29, 0.717) is 20.5 Å². The van der Waals surface area contributed by atoms with Crippen molar-refractivity contribution in [2.75, 3.05) is 18.4 Å². The highest BCUT2D eigenvalue weighted by molar-refractivity contribution is 7.21. The van der Waals surface area contributed by atoms with E-state index in [2.05, 4.69) is 5.32 Å². The zero-order valence-electron chi connectivity index (χ0n) is 16.1. The normalized spacial score (nSPS) is 11.5. The van der Waals surface area contributed by atoms with E-state index in [9.17, 15) is 27.2 Å². The number of benzene rings is 2. The number of rotatable bonds is 5. The summed E-state index contributed by atoms with van der Waals surface area (Å²) in [5.41, 5.74) is -0.874. The Hall–Kier alpha value is -2.94. The third-order valence-corrected chi connectivity index (χ3v) is 5.85. The summed E-state index contributed by atoms with van der Waals surface area (Å²) < 4.78 is 54.1. The van der Waals surface area contributed by atoms with Crippen molar-refractivity contribution in [1.82, 2.24) is 4.90 Å². The number of halogens is 4. The molecule has 0 atom stereocenters. The zero-order valence-corrected chi connectivity index (χ0v) is 17.0. The molecule has 0 unspecified atom stereocenters. The summed E-state index contributed by atoms with van der Waals surface area (Å²) in [5, 5.41) is 2.58. The van der Waals surface area contributed by atoms with Crippen molar-refractivity contribution in [2.45, 2.75) is 20.0 Å². The van der Waals surface area contributed by atoms with Crippen molar-refractivity contribution in [3.05, 3.63) is 64.3 Å². The fourth-order valence-electron chi connectivity index (χ4n) is 3.13. The molecular formula is C21H18F4N2O2S. The Morgan fingerprint density at radius 3 is 2.43 bits per heavy atom. The molecule has 158 valence electrons. The van der Waals surface area contributed by atoms with Gasteiger partial charge in [0.1, 0.15) is 12.4 Å². The number of carbonyl (C=O) groups is 2. The minimum atomic E-state index is -4.62. The van der Waals surface area contributed by atoms with Crippen LogP contribution in [0.25, 0.3) is 10.1 Å². The first kappa shape index (κ1) is 21.8. The SMILES string of the molecule is CCN(CC(=O)Nc1ccccc1C(F)(F)F)C(=O)c1sc2cccc(F)c2c1C. The number of likely N-dealkylation sites (N-methyl/N-ethyl adjacent to an activating group) is 1. The van der Waals surface area contributed by atoms with Gasteiger partial charge in [-0.1, -0.05) is 18.2 Å². The summed E-state index contributed by atoms with van der Waals surface area (Å²) >= 11 is 1.12. The molecule has 0 fully saturated rings. The van der Waals surface area contributed by atoms with Gasteiger partial charge in [-0.05, 0) is 43.7 Å². The van der Waals surface area contributed by atoms with Gasteiger partial charge in [0.2, 0.25) is 5.91 Å². The molecule has 3 aromatic rings. The van der Waals surface area contributed by atoms with Crippen molar-refractivity contribution < 1.29 is 27.2 Å². The standard InChI is InChI=1S/C21H18F4N2O2S/c1-3-27(11-17(28)26-15-9-5-4-7-13(15)21(23,24)25)20(29)19-12(2)18-14(22)8-6-10-16(18)30-19/h4-10H,3,11H2,1-2H3,(H,26,28). The minimum Gasteiger partial charge on any atom is -0.329 e. The van der Waals surface area contributed by atoms with Crippen molar-refractivity contribution in [1.29, 1.82) is 0 Å². The monoisotopic (exact) mass is 438 g/mol. The molecule has 2 amide bonds. The van der Waals surface area contributed by atoms with E-state index in [1.165, 1.54) is 23.1 Å². The number of thiophene rings is 1. The highest BCUT2D eigenvalue weighted by atomic mass is 32.1. The second-order valence-electron chi connectivity index (χ2n) is 6.58. The van der Waals surface area contributed by atoms with Crippen LogP contribution in [0.5, 0.6) is 0 Å². The van der Waals surface area contributed by atoms with Crippen LogP contribution in [0.3, 0.4) is 0 Å². The molecule has 4 nitrogen and oxygen atoms in total. The molecule has 1 heterocycles. The Labute approximate surface area is 174 Å². The summed E-state index contributed by atoms with van der Waals surface area (Å²) in [6.07, 6.45) is -4.62. The van der Waals surface area contributed by atoms with Crippen molar-refractivity contribution in [3.8, 4) is 0 Å². The van der Waals surface area contributed by atoms with Gasteiger partial charge < -0.3 is 10.2 Å². The molecule has 9 heteroatoms. The van der Waals surface area contributed by atoms with Crippen LogP contribution >= 0.6 is 11.3 Å². The predicted molar refractivity (Wildman–Crippen MR) is 108 cm³/mol. The fraction of sp³-hybridized carbons (Fsp3) is 0.238. The zero-order chi connectivity index (χ0) is 22.1. The molecule has 0 saturated carbocycles. The lowest BCUT2D eigenvalue weighted by Crippen LogP contribution is -2.38. The quantitative estimate of drug-likeness (QED) is 0.537. The van der Waals surface area contributed by atoms with E-state index in [1.807, 2.05) is 0 Å². The maximum absolute atomic E-state index is 14.1. The van der Waals surface area contributed by atoms with Gasteiger partial charge in [-0.15, -0.1) is 11.3 Å². The smallest absolute Gasteiger partial charge is 0.329 e. The summed E-state index contributed by atoms with van der Waals surface area (Å²) in [5.74, 6) is -1.67. The Morgan fingerprint density at radius 1 is 1.10 bits per heavy atom. The first-order valence-electron chi connectivity index (χ1n) is 9.06. The van der Waals surface area contributed by atoms with E-state index in [1.54, 1.807) is 26.0 Å². The highest BCUT2D eigenvalue weighted by Crippen LogP contribution is 2.35. The van der Waals surface area contributed by atoms with E-state index in [-0.39, 0.29) is 12.2 Å². The molecule has 0 radical (unpaired) electrons. The van der Waals surface area contributed by atoms with Crippen molar-refractivity contribution in [2.24, 2.45) is 0 Å². The van der Waals surface area contributed by atoms with E-state index in [4.69, 9.17) is 0 Å². The molecule has 1 aromatic heterocycles. The lowest BCUT2D eigenvalue weighted by Gasteiger charge is -2.21. The number of hydrogen-bond donors (Lipinski definition) is 1. The lowest BCUT2D eigenvalue weighted by atomic mass is 10.1. The average molecular weight is 438 g/mol. The summed E-state index contributed by atoms with van der Waals surface area (Å²) in [6, 6.07) is 9.17. The third-order valence-electron chi connectivity index (χ3n) is 4.61. The van der Waals surface area contributed by atoms with Gasteiger partial charge in [-0.3, -0.25) is 9.59 Å². The van der Waals surface area contributed by atoms with E-state index < -0.39 is 35.9 Å². The van der Waals surface area contributed by atoms with Crippen LogP contribution in [-0.2, 0) is 11.0 Å². The number of amides is 2. The summed E-state index contributed by atoms with van der Waals surface area (Å²) in [7, 11) is 0. The van der Waals surface area contributed by atoms with Crippen LogP contribution < -0.4 is 5.32 Å². The van der Waals surface area contributed by atoms with E-state index in [0.717, 1.165) is 23.5 Å². The van der Waals surface area contributed by atoms with Crippen molar-refractivity contribution in [3.63, 3.8) is 0 Å². The van der Waals surface area contributed by atoms with Crippen LogP contribution in [0.1, 0.15) is 27.7 Å². The maximum atomic E-state index is 14.1. The molecule has 0 spiro atoms. The number of fused-ring (bicyclic) bond motifs is 1. The van der Waals surface area contributed by atoms with Gasteiger partial charge >= 0.3 is 6.18 Å². The molecule has 30 heavy (non-hydrogen) atoms. The molecule has 1 N–H and O–H groups in total. The van der Waals surface area contributed by atoms with E-state index >= 15 is 0 Å². The van der Waals surface area contributed by atoms with Gasteiger partial charge in [0.15, 0.2) is 0 Å². The largest absolute Gasteiger partial charge is 0.418 e. The lowest BCUT2D eigenvalue weighted by molar-refractivity contribution is -0.137. The number of hydrogen-bond acceptors (Lipinski definition) is 3. The van der Waals surface area contributed by atoms with Crippen molar-refractivity contribution >= 4 is 38.9 Å². The molecular weight excluding hydrogens is 420 g/mol. The van der Waals surface area contributed by atoms with Crippen LogP contribution in [-0.4, -0.2) is 29.8 Å². The minimum absolute atomic E-state index is 0.156. The molecule has 0 aliphatic carbocycles. The van der Waals surface area contributed by atoms with Crippen LogP contribution in [0.15, 0.2) is 42.5 Å². The number of nitrogens with one attached hydrogen (secondary N) is 1. The first-order chi connectivity index (χ1) is 14.1. The number of carbonyl (C=O) groups excluding carboxylic acids is 2. The molecule has 0 bridgehead atoms. The second kappa shape index (κ2) is 8.43. The summed E-state index contributed by atoms with van der Waals surface area (Å²) in [6.45, 7) is 3.00. The summed E-state index contributed by atoms with van der Waals surface area (Å²) in [4.78, 5) is 26.8. The van der Waals surface area contributed by atoms with Gasteiger partial charge in [-0.25, -0.2) is 4.39 Å². The van der Waals surface area contributed by atoms with Crippen LogP contribution in [0.2, 0.25) is 0 Å². The second-order valence-corrected chi connectivity index (χ2v) is 7.63. The number of anilines is 1. The van der Waals surface area contributed by atoms with Gasteiger partial charge in [0.05, 0.1) is 16.1 Å². The maximum Gasteiger partial charge on any atom is 0.418 e.